The molecule has 1 N–H and O–H groups in total. The fourth-order valence-electron chi connectivity index (χ4n) is 4.56. The molecule has 7 heteroatoms. The molecule has 0 spiro atoms. The first-order valence-electron chi connectivity index (χ1n) is 12.1. The van der Waals surface area contributed by atoms with Crippen molar-refractivity contribution in [1.29, 1.82) is 5.26 Å². The number of nitrogens with one attached hydrogen (secondary N) is 1. The quantitative estimate of drug-likeness (QED) is 0.576. The molecule has 1 fully saturated rings. The average Bonchev–Trinajstić information content (AvgIpc) is 2.87. The highest BCUT2D eigenvalue weighted by Gasteiger charge is 2.42. The Labute approximate surface area is 207 Å². The average molecular weight is 476 g/mol. The Bertz CT molecular complexity index is 1070. The number of likely N-dealkylation sites (tertiary alicyclic amines) is 1. The molecule has 1 atom stereocenters. The summed E-state index contributed by atoms with van der Waals surface area (Å²) in [4.78, 5) is 40.5. The van der Waals surface area contributed by atoms with Crippen LogP contribution in [-0.2, 0) is 14.3 Å². The number of hydrogen-bond donors (Lipinski definition) is 1. The molecule has 1 unspecified atom stereocenters. The van der Waals surface area contributed by atoms with Crippen LogP contribution in [0.4, 0.5) is 0 Å². The van der Waals surface area contributed by atoms with Gasteiger partial charge in [0.25, 0.3) is 5.91 Å². The van der Waals surface area contributed by atoms with Crippen molar-refractivity contribution in [1.82, 2.24) is 10.2 Å². The Morgan fingerprint density at radius 1 is 1.09 bits per heavy atom. The first-order valence-corrected chi connectivity index (χ1v) is 12.1. The number of carbonyl (C=O) groups is 3. The van der Waals surface area contributed by atoms with Crippen molar-refractivity contribution in [3.05, 3.63) is 71.3 Å². The topological polar surface area (TPSA) is 99.5 Å². The lowest BCUT2D eigenvalue weighted by molar-refractivity contribution is -0.145. The number of hydrogen-bond acceptors (Lipinski definition) is 5. The molecule has 35 heavy (non-hydrogen) atoms. The van der Waals surface area contributed by atoms with Crippen molar-refractivity contribution in [2.24, 2.45) is 11.3 Å². The second-order valence-corrected chi connectivity index (χ2v) is 9.47. The van der Waals surface area contributed by atoms with Gasteiger partial charge < -0.3 is 15.0 Å². The number of carbonyl (C=O) groups excluding carboxylic acids is 3. The highest BCUT2D eigenvalue weighted by Crippen LogP contribution is 2.37. The van der Waals surface area contributed by atoms with Gasteiger partial charge in [-0.2, -0.15) is 5.26 Å². The van der Waals surface area contributed by atoms with Crippen LogP contribution in [0.1, 0.15) is 67.6 Å². The third kappa shape index (κ3) is 6.48. The van der Waals surface area contributed by atoms with E-state index in [4.69, 9.17) is 10.00 Å². The highest BCUT2D eigenvalue weighted by atomic mass is 16.5. The van der Waals surface area contributed by atoms with E-state index in [0.717, 1.165) is 18.4 Å². The van der Waals surface area contributed by atoms with Crippen LogP contribution in [0.25, 0.3) is 0 Å². The minimum absolute atomic E-state index is 0.0407. The maximum Gasteiger partial charge on any atom is 0.306 e. The summed E-state index contributed by atoms with van der Waals surface area (Å²) in [7, 11) is 0. The summed E-state index contributed by atoms with van der Waals surface area (Å²) in [6.07, 6.45) is 1.87. The number of nitrogens with zero attached hydrogens (tertiary/aromatic N) is 2. The number of rotatable bonds is 8. The largest absolute Gasteiger partial charge is 0.466 e. The van der Waals surface area contributed by atoms with Gasteiger partial charge in [0, 0.05) is 25.1 Å². The lowest BCUT2D eigenvalue weighted by atomic mass is 9.78. The fourth-order valence-corrected chi connectivity index (χ4v) is 4.56. The van der Waals surface area contributed by atoms with Crippen molar-refractivity contribution < 1.29 is 19.1 Å². The van der Waals surface area contributed by atoms with Gasteiger partial charge in [-0.15, -0.1) is 0 Å². The molecular formula is C28H33N3O4. The van der Waals surface area contributed by atoms with E-state index >= 15 is 0 Å². The number of ether oxygens (including phenoxy) is 1. The normalized spacial score (nSPS) is 15.1. The number of piperidine rings is 1. The van der Waals surface area contributed by atoms with Gasteiger partial charge in [0.05, 0.1) is 29.7 Å². The monoisotopic (exact) mass is 475 g/mol. The second kappa shape index (κ2) is 11.7. The van der Waals surface area contributed by atoms with E-state index in [0.29, 0.717) is 37.2 Å². The number of benzene rings is 2. The van der Waals surface area contributed by atoms with Crippen LogP contribution < -0.4 is 5.32 Å². The minimum Gasteiger partial charge on any atom is -0.466 e. The Morgan fingerprint density at radius 3 is 2.29 bits per heavy atom. The summed E-state index contributed by atoms with van der Waals surface area (Å²) in [6, 6.07) is 17.4. The van der Waals surface area contributed by atoms with Crippen LogP contribution in [0.15, 0.2) is 54.6 Å². The maximum absolute atomic E-state index is 13.7. The highest BCUT2D eigenvalue weighted by molar-refractivity contribution is 5.95. The van der Waals surface area contributed by atoms with Gasteiger partial charge >= 0.3 is 5.97 Å². The Balaban J connectivity index is 1.75. The first-order chi connectivity index (χ1) is 16.8. The molecular weight excluding hydrogens is 442 g/mol. The second-order valence-electron chi connectivity index (χ2n) is 9.47. The lowest BCUT2D eigenvalue weighted by Gasteiger charge is -2.40. The number of amides is 2. The van der Waals surface area contributed by atoms with Crippen LogP contribution in [-0.4, -0.2) is 42.4 Å². The van der Waals surface area contributed by atoms with E-state index in [-0.39, 0.29) is 23.7 Å². The van der Waals surface area contributed by atoms with Gasteiger partial charge in [-0.05, 0) is 69.4 Å². The van der Waals surface area contributed by atoms with Gasteiger partial charge in [-0.3, -0.25) is 14.4 Å². The third-order valence-corrected chi connectivity index (χ3v) is 6.62. The van der Waals surface area contributed by atoms with Crippen LogP contribution in [0.3, 0.4) is 0 Å². The van der Waals surface area contributed by atoms with Crippen LogP contribution >= 0.6 is 0 Å². The molecule has 2 amide bonds. The van der Waals surface area contributed by atoms with Gasteiger partial charge in [0.2, 0.25) is 5.91 Å². The van der Waals surface area contributed by atoms with E-state index < -0.39 is 11.5 Å². The number of nitriles is 1. The molecule has 0 saturated carbocycles. The summed E-state index contributed by atoms with van der Waals surface area (Å²) in [5, 5.41) is 12.1. The number of esters is 1. The summed E-state index contributed by atoms with van der Waals surface area (Å²) < 4.78 is 5.06. The van der Waals surface area contributed by atoms with Crippen molar-refractivity contribution in [3.63, 3.8) is 0 Å². The molecule has 0 radical (unpaired) electrons. The molecule has 0 bridgehead atoms. The SMILES string of the molecule is CCOC(=O)CC1CCN(C(=O)C(C)(C)C(NC(=O)c2ccc(C#N)cc2)c2ccccc2)CC1. The van der Waals surface area contributed by atoms with Gasteiger partial charge in [-0.1, -0.05) is 30.3 Å². The Hall–Kier alpha value is -3.66. The first kappa shape index (κ1) is 26.0. The molecule has 7 nitrogen and oxygen atoms in total. The van der Waals surface area contributed by atoms with Crippen LogP contribution in [0.2, 0.25) is 0 Å². The summed E-state index contributed by atoms with van der Waals surface area (Å²) >= 11 is 0. The molecule has 1 aliphatic rings. The van der Waals surface area contributed by atoms with Crippen molar-refractivity contribution >= 4 is 17.8 Å². The summed E-state index contributed by atoms with van der Waals surface area (Å²) in [5.74, 6) is -0.326. The minimum atomic E-state index is -0.919. The molecule has 0 aromatic heterocycles. The molecule has 0 aliphatic carbocycles. The molecule has 2 aromatic carbocycles. The van der Waals surface area contributed by atoms with Crippen molar-refractivity contribution in [3.8, 4) is 6.07 Å². The predicted octanol–water partition coefficient (Wildman–Crippen LogP) is 4.25. The van der Waals surface area contributed by atoms with Gasteiger partial charge in [0.1, 0.15) is 0 Å². The molecule has 1 aliphatic heterocycles. The van der Waals surface area contributed by atoms with Gasteiger partial charge in [0.15, 0.2) is 0 Å². The fraction of sp³-hybridized carbons (Fsp3) is 0.429. The summed E-state index contributed by atoms with van der Waals surface area (Å²) in [6.45, 7) is 7.02. The predicted molar refractivity (Wildman–Crippen MR) is 132 cm³/mol. The zero-order chi connectivity index (χ0) is 25.4. The zero-order valence-electron chi connectivity index (χ0n) is 20.6. The van der Waals surface area contributed by atoms with E-state index in [1.165, 1.54) is 0 Å². The summed E-state index contributed by atoms with van der Waals surface area (Å²) in [5.41, 5.74) is 0.818. The maximum atomic E-state index is 13.7. The van der Waals surface area contributed by atoms with E-state index in [1.54, 1.807) is 31.2 Å². The van der Waals surface area contributed by atoms with Crippen molar-refractivity contribution in [2.75, 3.05) is 19.7 Å². The Morgan fingerprint density at radius 2 is 1.71 bits per heavy atom. The smallest absolute Gasteiger partial charge is 0.306 e. The molecule has 184 valence electrons. The van der Waals surface area contributed by atoms with E-state index in [2.05, 4.69) is 5.32 Å². The molecule has 1 saturated heterocycles. The lowest BCUT2D eigenvalue weighted by Crippen LogP contribution is -2.51. The van der Waals surface area contributed by atoms with Gasteiger partial charge in [-0.25, -0.2) is 0 Å². The molecule has 2 aromatic rings. The van der Waals surface area contributed by atoms with E-state index in [1.807, 2.05) is 55.1 Å². The zero-order valence-corrected chi connectivity index (χ0v) is 20.6. The molecule has 3 rings (SSSR count). The van der Waals surface area contributed by atoms with E-state index in [9.17, 15) is 14.4 Å². The third-order valence-electron chi connectivity index (χ3n) is 6.62. The molecule has 1 heterocycles. The van der Waals surface area contributed by atoms with Crippen LogP contribution in [0.5, 0.6) is 0 Å². The van der Waals surface area contributed by atoms with Crippen molar-refractivity contribution in [2.45, 2.75) is 46.1 Å². The van der Waals surface area contributed by atoms with Crippen LogP contribution in [0, 0.1) is 22.7 Å². The standard InChI is InChI=1S/C28H33N3O4/c1-4-35-24(32)18-20-14-16-31(17-15-20)27(34)28(2,3)25(22-8-6-5-7-9-22)30-26(33)23-12-10-21(19-29)11-13-23/h5-13,20,25H,4,14-18H2,1-3H3,(H,30,33). The Kier molecular flexibility index (Phi) is 8.64.